The minimum atomic E-state index is -0.416. The molecule has 2 heterocycles. The molecule has 1 N–H and O–H groups in total. The maximum atomic E-state index is 12.4. The van der Waals surface area contributed by atoms with Crippen LogP contribution in [0.3, 0.4) is 0 Å². The number of hydrogen-bond donors (Lipinski definition) is 1. The molecule has 1 aliphatic heterocycles. The van der Waals surface area contributed by atoms with Crippen molar-refractivity contribution in [3.05, 3.63) is 42.6 Å². The van der Waals surface area contributed by atoms with Gasteiger partial charge in [-0.1, -0.05) is 6.07 Å². The maximum absolute atomic E-state index is 12.4. The number of benzene rings is 1. The first-order valence-corrected chi connectivity index (χ1v) is 7.86. The highest BCUT2D eigenvalue weighted by atomic mass is 16.5. The number of methoxy groups -OCH3 is 2. The number of aromatic nitrogens is 1. The van der Waals surface area contributed by atoms with Gasteiger partial charge in [0.25, 0.3) is 0 Å². The van der Waals surface area contributed by atoms with Crippen molar-refractivity contribution in [1.82, 2.24) is 4.98 Å². The Kier molecular flexibility index (Phi) is 4.83. The zero-order valence-electron chi connectivity index (χ0n) is 14.1. The summed E-state index contributed by atoms with van der Waals surface area (Å²) in [6.45, 7) is 0.335. The van der Waals surface area contributed by atoms with E-state index in [-0.39, 0.29) is 18.2 Å². The number of carbonyl (C=O) groups is 2. The van der Waals surface area contributed by atoms with E-state index in [0.29, 0.717) is 23.9 Å². The van der Waals surface area contributed by atoms with Crippen LogP contribution in [0.25, 0.3) is 0 Å². The lowest BCUT2D eigenvalue weighted by molar-refractivity contribution is -0.122. The van der Waals surface area contributed by atoms with E-state index >= 15 is 0 Å². The standard InChI is InChI=1S/C18H19N3O4/c1-24-15-5-3-4-14(9-15)21-11-12(8-17(21)22)18(23)20-13-6-7-16(25-2)19-10-13/h3-7,9-10,12H,8,11H2,1-2H3,(H,20,23)/t12-/m1/s1. The van der Waals surface area contributed by atoms with Gasteiger partial charge in [0.15, 0.2) is 0 Å². The van der Waals surface area contributed by atoms with E-state index in [4.69, 9.17) is 9.47 Å². The first-order chi connectivity index (χ1) is 12.1. The van der Waals surface area contributed by atoms with E-state index in [9.17, 15) is 9.59 Å². The second-order valence-electron chi connectivity index (χ2n) is 5.69. The molecule has 0 aliphatic carbocycles. The Morgan fingerprint density at radius 1 is 1.24 bits per heavy atom. The molecule has 3 rings (SSSR count). The van der Waals surface area contributed by atoms with Gasteiger partial charge >= 0.3 is 0 Å². The summed E-state index contributed by atoms with van der Waals surface area (Å²) >= 11 is 0. The van der Waals surface area contributed by atoms with Crippen LogP contribution in [0, 0.1) is 5.92 Å². The topological polar surface area (TPSA) is 80.8 Å². The van der Waals surface area contributed by atoms with Gasteiger partial charge in [-0.2, -0.15) is 0 Å². The van der Waals surface area contributed by atoms with Crippen molar-refractivity contribution >= 4 is 23.2 Å². The minimum Gasteiger partial charge on any atom is -0.497 e. The second kappa shape index (κ2) is 7.21. The van der Waals surface area contributed by atoms with E-state index in [1.54, 1.807) is 30.2 Å². The lowest BCUT2D eigenvalue weighted by Gasteiger charge is -2.17. The molecule has 0 radical (unpaired) electrons. The van der Waals surface area contributed by atoms with Crippen molar-refractivity contribution in [3.63, 3.8) is 0 Å². The molecule has 2 amide bonds. The molecule has 0 spiro atoms. The summed E-state index contributed by atoms with van der Waals surface area (Å²) in [6.07, 6.45) is 1.69. The third kappa shape index (κ3) is 3.71. The highest BCUT2D eigenvalue weighted by Gasteiger charge is 2.35. The Labute approximate surface area is 145 Å². The molecule has 1 saturated heterocycles. The predicted molar refractivity (Wildman–Crippen MR) is 92.9 cm³/mol. The molecule has 1 aromatic carbocycles. The number of carbonyl (C=O) groups excluding carboxylic acids is 2. The fourth-order valence-electron chi connectivity index (χ4n) is 2.73. The van der Waals surface area contributed by atoms with Crippen LogP contribution >= 0.6 is 0 Å². The summed E-state index contributed by atoms with van der Waals surface area (Å²) in [5.41, 5.74) is 1.30. The van der Waals surface area contributed by atoms with E-state index in [2.05, 4.69) is 10.3 Å². The van der Waals surface area contributed by atoms with E-state index in [0.717, 1.165) is 5.69 Å². The van der Waals surface area contributed by atoms with Gasteiger partial charge in [-0.3, -0.25) is 9.59 Å². The number of rotatable bonds is 5. The SMILES string of the molecule is COc1cccc(N2C[C@H](C(=O)Nc3ccc(OC)nc3)CC2=O)c1. The molecular weight excluding hydrogens is 322 g/mol. The van der Waals surface area contributed by atoms with Crippen molar-refractivity contribution < 1.29 is 19.1 Å². The molecule has 1 aromatic heterocycles. The number of amides is 2. The summed E-state index contributed by atoms with van der Waals surface area (Å²) in [6, 6.07) is 10.6. The van der Waals surface area contributed by atoms with Gasteiger partial charge in [-0.05, 0) is 18.2 Å². The van der Waals surface area contributed by atoms with Crippen LogP contribution in [-0.2, 0) is 9.59 Å². The second-order valence-corrected chi connectivity index (χ2v) is 5.69. The number of nitrogens with zero attached hydrogens (tertiary/aromatic N) is 2. The van der Waals surface area contributed by atoms with Crippen molar-refractivity contribution in [2.75, 3.05) is 31.0 Å². The Balaban J connectivity index is 1.67. The molecule has 7 heteroatoms. The van der Waals surface area contributed by atoms with Gasteiger partial charge in [0.05, 0.1) is 32.0 Å². The zero-order valence-corrected chi connectivity index (χ0v) is 14.1. The molecule has 0 unspecified atom stereocenters. The molecule has 1 atom stereocenters. The lowest BCUT2D eigenvalue weighted by atomic mass is 10.1. The molecule has 0 saturated carbocycles. The molecule has 7 nitrogen and oxygen atoms in total. The number of hydrogen-bond acceptors (Lipinski definition) is 5. The highest BCUT2D eigenvalue weighted by Crippen LogP contribution is 2.28. The van der Waals surface area contributed by atoms with Crippen LogP contribution in [-0.4, -0.2) is 37.6 Å². The predicted octanol–water partition coefficient (Wildman–Crippen LogP) is 2.09. The van der Waals surface area contributed by atoms with E-state index in [1.807, 2.05) is 18.2 Å². The third-order valence-corrected chi connectivity index (χ3v) is 4.07. The number of nitrogens with one attached hydrogen (secondary N) is 1. The monoisotopic (exact) mass is 341 g/mol. The molecule has 1 fully saturated rings. The Hall–Kier alpha value is -3.09. The first kappa shape index (κ1) is 16.8. The van der Waals surface area contributed by atoms with Gasteiger partial charge < -0.3 is 19.7 Å². The largest absolute Gasteiger partial charge is 0.497 e. The number of ether oxygens (including phenoxy) is 2. The van der Waals surface area contributed by atoms with Gasteiger partial charge in [0.1, 0.15) is 5.75 Å². The van der Waals surface area contributed by atoms with E-state index in [1.165, 1.54) is 13.3 Å². The van der Waals surface area contributed by atoms with Gasteiger partial charge in [0, 0.05) is 30.8 Å². The zero-order chi connectivity index (χ0) is 17.8. The molecule has 130 valence electrons. The average molecular weight is 341 g/mol. The quantitative estimate of drug-likeness (QED) is 0.901. The Morgan fingerprint density at radius 2 is 2.08 bits per heavy atom. The van der Waals surface area contributed by atoms with Crippen LogP contribution in [0.5, 0.6) is 11.6 Å². The smallest absolute Gasteiger partial charge is 0.229 e. The summed E-state index contributed by atoms with van der Waals surface area (Å²) in [5.74, 6) is 0.438. The maximum Gasteiger partial charge on any atom is 0.229 e. The molecular formula is C18H19N3O4. The van der Waals surface area contributed by atoms with Crippen molar-refractivity contribution in [2.24, 2.45) is 5.92 Å². The van der Waals surface area contributed by atoms with Crippen molar-refractivity contribution in [3.8, 4) is 11.6 Å². The fourth-order valence-corrected chi connectivity index (χ4v) is 2.73. The minimum absolute atomic E-state index is 0.0822. The highest BCUT2D eigenvalue weighted by molar-refractivity contribution is 6.03. The van der Waals surface area contributed by atoms with Gasteiger partial charge in [-0.15, -0.1) is 0 Å². The number of pyridine rings is 1. The summed E-state index contributed by atoms with van der Waals surface area (Å²) < 4.78 is 10.2. The molecule has 2 aromatic rings. The molecule has 25 heavy (non-hydrogen) atoms. The summed E-state index contributed by atoms with van der Waals surface area (Å²) in [5, 5.41) is 2.79. The summed E-state index contributed by atoms with van der Waals surface area (Å²) in [7, 11) is 3.10. The number of anilines is 2. The van der Waals surface area contributed by atoms with Crippen molar-refractivity contribution in [1.29, 1.82) is 0 Å². The average Bonchev–Trinajstić information content (AvgIpc) is 3.04. The van der Waals surface area contributed by atoms with Crippen LogP contribution in [0.2, 0.25) is 0 Å². The molecule has 0 bridgehead atoms. The Morgan fingerprint density at radius 3 is 2.76 bits per heavy atom. The fraction of sp³-hybridized carbons (Fsp3) is 0.278. The van der Waals surface area contributed by atoms with Gasteiger partial charge in [0.2, 0.25) is 17.7 Å². The van der Waals surface area contributed by atoms with Gasteiger partial charge in [-0.25, -0.2) is 4.98 Å². The van der Waals surface area contributed by atoms with Crippen LogP contribution in [0.15, 0.2) is 42.6 Å². The lowest BCUT2D eigenvalue weighted by Crippen LogP contribution is -2.28. The van der Waals surface area contributed by atoms with Crippen LogP contribution in [0.1, 0.15) is 6.42 Å². The normalized spacial score (nSPS) is 16.6. The van der Waals surface area contributed by atoms with Crippen LogP contribution < -0.4 is 19.7 Å². The molecule has 1 aliphatic rings. The first-order valence-electron chi connectivity index (χ1n) is 7.86. The van der Waals surface area contributed by atoms with Crippen LogP contribution in [0.4, 0.5) is 11.4 Å². The van der Waals surface area contributed by atoms with E-state index < -0.39 is 5.92 Å². The Bertz CT molecular complexity index is 776. The van der Waals surface area contributed by atoms with Crippen molar-refractivity contribution in [2.45, 2.75) is 6.42 Å². The third-order valence-electron chi connectivity index (χ3n) is 4.07. The summed E-state index contributed by atoms with van der Waals surface area (Å²) in [4.78, 5) is 30.4.